The standard InChI is InChI=1S/C10H12N2OS/c13-9-5-6-11-10-12(9)7-3-1-2-4-8(7)14-10/h1-2,4,7,10-11H,3,5-6H2. The van der Waals surface area contributed by atoms with E-state index in [0.29, 0.717) is 18.4 Å². The van der Waals surface area contributed by atoms with Crippen molar-refractivity contribution in [1.82, 2.24) is 10.2 Å². The normalized spacial score (nSPS) is 35.3. The maximum atomic E-state index is 11.8. The van der Waals surface area contributed by atoms with Crippen molar-refractivity contribution in [1.29, 1.82) is 0 Å². The molecule has 0 aromatic carbocycles. The molecule has 0 radical (unpaired) electrons. The molecule has 1 aliphatic carbocycles. The van der Waals surface area contributed by atoms with E-state index in [-0.39, 0.29) is 5.50 Å². The maximum absolute atomic E-state index is 11.8. The van der Waals surface area contributed by atoms with Crippen LogP contribution in [0.1, 0.15) is 12.8 Å². The number of rotatable bonds is 0. The fourth-order valence-electron chi connectivity index (χ4n) is 2.19. The molecule has 0 aromatic rings. The van der Waals surface area contributed by atoms with Gasteiger partial charge in [-0.15, -0.1) is 0 Å². The maximum Gasteiger partial charge on any atom is 0.226 e. The van der Waals surface area contributed by atoms with Gasteiger partial charge in [-0.25, -0.2) is 0 Å². The lowest BCUT2D eigenvalue weighted by atomic mass is 10.1. The SMILES string of the molecule is O=C1CCNC2SC3=CC=CCC3N12. The van der Waals surface area contributed by atoms with Crippen molar-refractivity contribution >= 4 is 17.7 Å². The molecule has 2 unspecified atom stereocenters. The van der Waals surface area contributed by atoms with Crippen molar-refractivity contribution in [2.24, 2.45) is 0 Å². The van der Waals surface area contributed by atoms with E-state index in [1.54, 1.807) is 11.8 Å². The summed E-state index contributed by atoms with van der Waals surface area (Å²) in [7, 11) is 0. The van der Waals surface area contributed by atoms with Crippen LogP contribution in [-0.2, 0) is 4.79 Å². The van der Waals surface area contributed by atoms with Crippen LogP contribution in [0.5, 0.6) is 0 Å². The van der Waals surface area contributed by atoms with Gasteiger partial charge in [0.2, 0.25) is 5.91 Å². The zero-order valence-corrected chi connectivity index (χ0v) is 8.59. The Bertz CT molecular complexity index is 337. The molecule has 3 rings (SSSR count). The van der Waals surface area contributed by atoms with Crippen LogP contribution in [-0.4, -0.2) is 28.9 Å². The Kier molecular flexibility index (Phi) is 1.92. The summed E-state index contributed by atoms with van der Waals surface area (Å²) in [5, 5.41) is 3.37. The molecule has 1 amide bonds. The Morgan fingerprint density at radius 3 is 3.43 bits per heavy atom. The number of nitrogens with one attached hydrogen (secondary N) is 1. The fraction of sp³-hybridized carbons (Fsp3) is 0.500. The monoisotopic (exact) mass is 208 g/mol. The molecule has 74 valence electrons. The first-order valence-corrected chi connectivity index (χ1v) is 5.82. The van der Waals surface area contributed by atoms with Crippen molar-refractivity contribution in [3.05, 3.63) is 23.1 Å². The molecule has 2 saturated heterocycles. The summed E-state index contributed by atoms with van der Waals surface area (Å²) in [6, 6.07) is 0.315. The first-order valence-electron chi connectivity index (χ1n) is 4.94. The smallest absolute Gasteiger partial charge is 0.226 e. The van der Waals surface area contributed by atoms with E-state index in [4.69, 9.17) is 0 Å². The molecule has 0 spiro atoms. The lowest BCUT2D eigenvalue weighted by molar-refractivity contribution is -0.135. The quantitative estimate of drug-likeness (QED) is 0.646. The zero-order valence-electron chi connectivity index (χ0n) is 7.77. The van der Waals surface area contributed by atoms with Crippen molar-refractivity contribution in [3.63, 3.8) is 0 Å². The lowest BCUT2D eigenvalue weighted by Crippen LogP contribution is -2.52. The van der Waals surface area contributed by atoms with Crippen LogP contribution in [0.15, 0.2) is 23.1 Å². The van der Waals surface area contributed by atoms with Crippen molar-refractivity contribution < 1.29 is 4.79 Å². The fourth-order valence-corrected chi connectivity index (χ4v) is 3.55. The molecule has 4 heteroatoms. The molecule has 2 fully saturated rings. The van der Waals surface area contributed by atoms with E-state index in [9.17, 15) is 4.79 Å². The third-order valence-electron chi connectivity index (χ3n) is 2.87. The third kappa shape index (κ3) is 1.14. The van der Waals surface area contributed by atoms with Crippen molar-refractivity contribution in [2.75, 3.05) is 6.54 Å². The Morgan fingerprint density at radius 2 is 2.50 bits per heavy atom. The summed E-state index contributed by atoms with van der Waals surface area (Å²) in [4.78, 5) is 15.1. The van der Waals surface area contributed by atoms with Crippen LogP contribution in [0.4, 0.5) is 0 Å². The van der Waals surface area contributed by atoms with Gasteiger partial charge in [-0.1, -0.05) is 30.0 Å². The van der Waals surface area contributed by atoms with Crippen LogP contribution in [0, 0.1) is 0 Å². The van der Waals surface area contributed by atoms with Crippen LogP contribution in [0.25, 0.3) is 0 Å². The number of thioether (sulfide) groups is 1. The number of allylic oxidation sites excluding steroid dienone is 2. The number of carbonyl (C=O) groups excluding carboxylic acids is 1. The van der Waals surface area contributed by atoms with E-state index >= 15 is 0 Å². The second kappa shape index (κ2) is 3.14. The molecule has 0 aromatic heterocycles. The van der Waals surface area contributed by atoms with E-state index < -0.39 is 0 Å². The summed E-state index contributed by atoms with van der Waals surface area (Å²) in [5.41, 5.74) is 0.187. The molecule has 0 bridgehead atoms. The van der Waals surface area contributed by atoms with E-state index in [1.165, 1.54) is 4.91 Å². The first-order chi connectivity index (χ1) is 6.86. The van der Waals surface area contributed by atoms with Gasteiger partial charge in [-0.05, 0) is 6.42 Å². The van der Waals surface area contributed by atoms with E-state index in [2.05, 4.69) is 23.5 Å². The molecule has 3 nitrogen and oxygen atoms in total. The van der Waals surface area contributed by atoms with Gasteiger partial charge in [0, 0.05) is 17.9 Å². The summed E-state index contributed by atoms with van der Waals surface area (Å²) >= 11 is 1.79. The summed E-state index contributed by atoms with van der Waals surface area (Å²) in [5.74, 6) is 0.296. The Labute approximate surface area is 87.2 Å². The number of hydrogen-bond acceptors (Lipinski definition) is 3. The van der Waals surface area contributed by atoms with E-state index in [1.807, 2.05) is 4.90 Å². The largest absolute Gasteiger partial charge is 0.310 e. The molecule has 0 saturated carbocycles. The predicted octanol–water partition coefficient (Wildman–Crippen LogP) is 1.05. The molecule has 3 aliphatic rings. The molecule has 2 heterocycles. The summed E-state index contributed by atoms with van der Waals surface area (Å²) in [6.07, 6.45) is 7.97. The van der Waals surface area contributed by atoms with Crippen LogP contribution in [0.3, 0.4) is 0 Å². The minimum Gasteiger partial charge on any atom is -0.310 e. The average molecular weight is 208 g/mol. The second-order valence-corrected chi connectivity index (χ2v) is 4.88. The highest BCUT2D eigenvalue weighted by Crippen LogP contribution is 2.42. The first kappa shape index (κ1) is 8.56. The second-order valence-electron chi connectivity index (χ2n) is 3.72. The van der Waals surface area contributed by atoms with Gasteiger partial charge in [0.1, 0.15) is 5.50 Å². The number of amides is 1. The van der Waals surface area contributed by atoms with Gasteiger partial charge in [0.15, 0.2) is 0 Å². The number of nitrogens with zero attached hydrogens (tertiary/aromatic N) is 1. The van der Waals surface area contributed by atoms with Gasteiger partial charge in [-0.3, -0.25) is 10.1 Å². The molecule has 2 atom stereocenters. The van der Waals surface area contributed by atoms with Gasteiger partial charge in [0.05, 0.1) is 6.04 Å². The van der Waals surface area contributed by atoms with Crippen LogP contribution < -0.4 is 5.32 Å². The van der Waals surface area contributed by atoms with Crippen molar-refractivity contribution in [2.45, 2.75) is 24.4 Å². The molecule has 2 aliphatic heterocycles. The van der Waals surface area contributed by atoms with Gasteiger partial charge >= 0.3 is 0 Å². The average Bonchev–Trinajstić information content (AvgIpc) is 2.57. The summed E-state index contributed by atoms with van der Waals surface area (Å²) in [6.45, 7) is 0.820. The molecule has 1 N–H and O–H groups in total. The predicted molar refractivity (Wildman–Crippen MR) is 56.5 cm³/mol. The molecular formula is C10H12N2OS. The third-order valence-corrected chi connectivity index (χ3v) is 4.16. The Balaban J connectivity index is 1.93. The van der Waals surface area contributed by atoms with Gasteiger partial charge in [0.25, 0.3) is 0 Å². The van der Waals surface area contributed by atoms with Crippen LogP contribution >= 0.6 is 11.8 Å². The minimum atomic E-state index is 0.187. The van der Waals surface area contributed by atoms with Gasteiger partial charge in [-0.2, -0.15) is 0 Å². The summed E-state index contributed by atoms with van der Waals surface area (Å²) < 4.78 is 0. The highest BCUT2D eigenvalue weighted by atomic mass is 32.2. The highest BCUT2D eigenvalue weighted by Gasteiger charge is 2.42. The Hall–Kier alpha value is -0.740. The van der Waals surface area contributed by atoms with Crippen LogP contribution in [0.2, 0.25) is 0 Å². The Morgan fingerprint density at radius 1 is 1.57 bits per heavy atom. The zero-order chi connectivity index (χ0) is 9.54. The molecular weight excluding hydrogens is 196 g/mol. The number of fused-ring (bicyclic) bond motifs is 3. The molecule has 14 heavy (non-hydrogen) atoms. The van der Waals surface area contributed by atoms with Gasteiger partial charge < -0.3 is 4.90 Å². The topological polar surface area (TPSA) is 32.3 Å². The number of carbonyl (C=O) groups is 1. The van der Waals surface area contributed by atoms with E-state index in [0.717, 1.165) is 13.0 Å². The lowest BCUT2D eigenvalue weighted by Gasteiger charge is -2.33. The number of hydrogen-bond donors (Lipinski definition) is 1. The highest BCUT2D eigenvalue weighted by molar-refractivity contribution is 8.04. The van der Waals surface area contributed by atoms with Crippen molar-refractivity contribution in [3.8, 4) is 0 Å². The minimum absolute atomic E-state index is 0.187.